The number of nitrogens with one attached hydrogen (secondary N) is 2. The zero-order valence-electron chi connectivity index (χ0n) is 11.0. The van der Waals surface area contributed by atoms with Crippen molar-refractivity contribution in [3.63, 3.8) is 0 Å². The minimum atomic E-state index is -0.523. The molecule has 0 unspecified atom stereocenters. The fourth-order valence-corrected chi connectivity index (χ4v) is 2.24. The Labute approximate surface area is 129 Å². The van der Waals surface area contributed by atoms with E-state index >= 15 is 0 Å². The van der Waals surface area contributed by atoms with Gasteiger partial charge in [-0.3, -0.25) is 20.0 Å². The van der Waals surface area contributed by atoms with Crippen LogP contribution in [0.2, 0.25) is 5.02 Å². The SMILES string of the molecule is O=C(Nc1cccc(Cl)c1)c1n[nH]c2ccc([N+](=O)[O-])cc12. The molecular formula is C14H9ClN4O3. The molecule has 0 saturated carbocycles. The van der Waals surface area contributed by atoms with Gasteiger partial charge in [0.15, 0.2) is 5.69 Å². The van der Waals surface area contributed by atoms with Crippen LogP contribution in [0.5, 0.6) is 0 Å². The number of benzene rings is 2. The van der Waals surface area contributed by atoms with E-state index in [0.29, 0.717) is 21.6 Å². The fraction of sp³-hybridized carbons (Fsp3) is 0. The molecule has 1 heterocycles. The van der Waals surface area contributed by atoms with Gasteiger partial charge in [-0.2, -0.15) is 5.10 Å². The second-order valence-corrected chi connectivity index (χ2v) is 4.96. The number of halogens is 1. The van der Waals surface area contributed by atoms with E-state index in [1.807, 2.05) is 0 Å². The van der Waals surface area contributed by atoms with Gasteiger partial charge in [0.05, 0.1) is 10.4 Å². The lowest BCUT2D eigenvalue weighted by Crippen LogP contribution is -2.12. The van der Waals surface area contributed by atoms with Crippen LogP contribution < -0.4 is 5.32 Å². The average Bonchev–Trinajstić information content (AvgIpc) is 2.90. The Bertz CT molecular complexity index is 891. The Kier molecular flexibility index (Phi) is 3.48. The Morgan fingerprint density at radius 1 is 1.27 bits per heavy atom. The Morgan fingerprint density at radius 3 is 2.82 bits per heavy atom. The molecule has 3 rings (SSSR count). The smallest absolute Gasteiger partial charge is 0.276 e. The molecule has 0 saturated heterocycles. The quantitative estimate of drug-likeness (QED) is 0.571. The second kappa shape index (κ2) is 5.45. The topological polar surface area (TPSA) is 101 Å². The largest absolute Gasteiger partial charge is 0.321 e. The van der Waals surface area contributed by atoms with Gasteiger partial charge in [0, 0.05) is 28.2 Å². The first-order valence-corrected chi connectivity index (χ1v) is 6.62. The standard InChI is InChI=1S/C14H9ClN4O3/c15-8-2-1-3-9(6-8)16-14(20)13-11-7-10(19(21)22)4-5-12(11)17-18-13/h1-7H,(H,16,20)(H,17,18). The normalized spacial score (nSPS) is 10.6. The molecule has 110 valence electrons. The number of fused-ring (bicyclic) bond motifs is 1. The molecule has 0 spiro atoms. The molecular weight excluding hydrogens is 308 g/mol. The van der Waals surface area contributed by atoms with Crippen LogP contribution in [0.15, 0.2) is 42.5 Å². The number of nitro benzene ring substituents is 1. The number of carbonyl (C=O) groups is 1. The van der Waals surface area contributed by atoms with E-state index in [4.69, 9.17) is 11.6 Å². The number of amides is 1. The summed E-state index contributed by atoms with van der Waals surface area (Å²) >= 11 is 5.86. The highest BCUT2D eigenvalue weighted by Gasteiger charge is 2.17. The summed E-state index contributed by atoms with van der Waals surface area (Å²) in [6, 6.07) is 10.8. The van der Waals surface area contributed by atoms with Gasteiger partial charge in [-0.15, -0.1) is 0 Å². The number of H-pyrrole nitrogens is 1. The maximum absolute atomic E-state index is 12.3. The van der Waals surface area contributed by atoms with Gasteiger partial charge in [-0.1, -0.05) is 17.7 Å². The number of nitro groups is 1. The van der Waals surface area contributed by atoms with Gasteiger partial charge in [0.2, 0.25) is 0 Å². The van der Waals surface area contributed by atoms with Crippen LogP contribution in [-0.4, -0.2) is 21.0 Å². The molecule has 2 aromatic carbocycles. The monoisotopic (exact) mass is 316 g/mol. The highest BCUT2D eigenvalue weighted by molar-refractivity contribution is 6.31. The molecule has 0 aliphatic heterocycles. The Morgan fingerprint density at radius 2 is 2.09 bits per heavy atom. The summed E-state index contributed by atoms with van der Waals surface area (Å²) in [6.45, 7) is 0. The zero-order valence-corrected chi connectivity index (χ0v) is 11.8. The van der Waals surface area contributed by atoms with Crippen molar-refractivity contribution in [3.05, 3.63) is 63.3 Å². The van der Waals surface area contributed by atoms with Gasteiger partial charge >= 0.3 is 0 Å². The van der Waals surface area contributed by atoms with Crippen LogP contribution >= 0.6 is 11.6 Å². The molecule has 7 nitrogen and oxygen atoms in total. The summed E-state index contributed by atoms with van der Waals surface area (Å²) in [6.07, 6.45) is 0. The first kappa shape index (κ1) is 14.0. The van der Waals surface area contributed by atoms with Crippen LogP contribution in [0, 0.1) is 10.1 Å². The Hall–Kier alpha value is -2.93. The minimum absolute atomic E-state index is 0.0821. The molecule has 0 atom stereocenters. The molecule has 0 fully saturated rings. The number of aromatic nitrogens is 2. The summed E-state index contributed by atoms with van der Waals surface area (Å²) in [5, 5.41) is 21.0. The van der Waals surface area contributed by atoms with Crippen LogP contribution in [0.3, 0.4) is 0 Å². The van der Waals surface area contributed by atoms with E-state index in [9.17, 15) is 14.9 Å². The number of anilines is 1. The summed E-state index contributed by atoms with van der Waals surface area (Å²) < 4.78 is 0. The third kappa shape index (κ3) is 2.61. The molecule has 1 aromatic heterocycles. The van der Waals surface area contributed by atoms with Crippen molar-refractivity contribution < 1.29 is 9.72 Å². The Balaban J connectivity index is 1.97. The summed E-state index contributed by atoms with van der Waals surface area (Å²) in [5.74, 6) is -0.478. The van der Waals surface area contributed by atoms with Crippen molar-refractivity contribution in [2.45, 2.75) is 0 Å². The summed E-state index contributed by atoms with van der Waals surface area (Å²) in [7, 11) is 0. The zero-order chi connectivity index (χ0) is 15.7. The molecule has 0 bridgehead atoms. The van der Waals surface area contributed by atoms with E-state index in [0.717, 1.165) is 0 Å². The third-order valence-corrected chi connectivity index (χ3v) is 3.29. The van der Waals surface area contributed by atoms with Crippen molar-refractivity contribution in [1.29, 1.82) is 0 Å². The van der Waals surface area contributed by atoms with Crippen LogP contribution in [-0.2, 0) is 0 Å². The second-order valence-electron chi connectivity index (χ2n) is 4.52. The number of rotatable bonds is 3. The van der Waals surface area contributed by atoms with Crippen LogP contribution in [0.25, 0.3) is 10.9 Å². The van der Waals surface area contributed by atoms with Gasteiger partial charge in [0.1, 0.15) is 0 Å². The highest BCUT2D eigenvalue weighted by Crippen LogP contribution is 2.23. The van der Waals surface area contributed by atoms with Crippen molar-refractivity contribution >= 4 is 39.8 Å². The first-order valence-electron chi connectivity index (χ1n) is 6.24. The molecule has 8 heteroatoms. The predicted molar refractivity (Wildman–Crippen MR) is 82.2 cm³/mol. The molecule has 1 amide bonds. The van der Waals surface area contributed by atoms with Crippen molar-refractivity contribution in [3.8, 4) is 0 Å². The molecule has 0 aliphatic carbocycles. The van der Waals surface area contributed by atoms with Crippen LogP contribution in [0.4, 0.5) is 11.4 Å². The fourth-order valence-electron chi connectivity index (χ4n) is 2.05. The van der Waals surface area contributed by atoms with Gasteiger partial charge < -0.3 is 5.32 Å². The average molecular weight is 317 g/mol. The lowest BCUT2D eigenvalue weighted by Gasteiger charge is -2.03. The number of nitrogens with zero attached hydrogens (tertiary/aromatic N) is 2. The van der Waals surface area contributed by atoms with Crippen molar-refractivity contribution in [2.75, 3.05) is 5.32 Å². The van der Waals surface area contributed by atoms with E-state index in [1.54, 1.807) is 24.3 Å². The van der Waals surface area contributed by atoms with Gasteiger partial charge in [-0.05, 0) is 24.3 Å². The molecule has 0 aliphatic rings. The van der Waals surface area contributed by atoms with Gasteiger partial charge in [-0.25, -0.2) is 0 Å². The lowest BCUT2D eigenvalue weighted by atomic mass is 10.2. The van der Waals surface area contributed by atoms with E-state index in [1.165, 1.54) is 18.2 Å². The molecule has 22 heavy (non-hydrogen) atoms. The van der Waals surface area contributed by atoms with E-state index in [-0.39, 0.29) is 11.4 Å². The van der Waals surface area contributed by atoms with Crippen LogP contribution in [0.1, 0.15) is 10.5 Å². The number of carbonyl (C=O) groups excluding carboxylic acids is 1. The van der Waals surface area contributed by atoms with E-state index < -0.39 is 10.8 Å². The van der Waals surface area contributed by atoms with Crippen molar-refractivity contribution in [2.24, 2.45) is 0 Å². The molecule has 2 N–H and O–H groups in total. The number of hydrogen-bond donors (Lipinski definition) is 2. The maximum Gasteiger partial charge on any atom is 0.276 e. The molecule has 3 aromatic rings. The lowest BCUT2D eigenvalue weighted by molar-refractivity contribution is -0.384. The summed E-state index contributed by atoms with van der Waals surface area (Å²) in [4.78, 5) is 22.6. The first-order chi connectivity index (χ1) is 10.5. The highest BCUT2D eigenvalue weighted by atomic mass is 35.5. The molecule has 0 radical (unpaired) electrons. The van der Waals surface area contributed by atoms with Gasteiger partial charge in [0.25, 0.3) is 11.6 Å². The summed E-state index contributed by atoms with van der Waals surface area (Å²) in [5.41, 5.74) is 1.03. The number of aromatic amines is 1. The van der Waals surface area contributed by atoms with E-state index in [2.05, 4.69) is 15.5 Å². The number of hydrogen-bond acceptors (Lipinski definition) is 4. The maximum atomic E-state index is 12.3. The third-order valence-electron chi connectivity index (χ3n) is 3.05. The minimum Gasteiger partial charge on any atom is -0.321 e. The van der Waals surface area contributed by atoms with Crippen molar-refractivity contribution in [1.82, 2.24) is 10.2 Å². The number of non-ortho nitro benzene ring substituents is 1. The predicted octanol–water partition coefficient (Wildman–Crippen LogP) is 3.38.